The molecule has 1 unspecified atom stereocenters. The van der Waals surface area contributed by atoms with E-state index >= 15 is 0 Å². The fourth-order valence-corrected chi connectivity index (χ4v) is 5.59. The summed E-state index contributed by atoms with van der Waals surface area (Å²) in [5.74, 6) is 1.49. The van der Waals surface area contributed by atoms with E-state index in [0.29, 0.717) is 0 Å². The Labute approximate surface area is 173 Å². The molecule has 7 nitrogen and oxygen atoms in total. The average molecular weight is 409 g/mol. The molecule has 0 saturated carbocycles. The van der Waals surface area contributed by atoms with Gasteiger partial charge >= 0.3 is 0 Å². The van der Waals surface area contributed by atoms with Crippen LogP contribution in [0, 0.1) is 0 Å². The third-order valence-corrected chi connectivity index (χ3v) is 7.22. The van der Waals surface area contributed by atoms with E-state index in [-0.39, 0.29) is 11.9 Å². The molecule has 1 fully saturated rings. The van der Waals surface area contributed by atoms with E-state index in [1.165, 1.54) is 22.2 Å². The number of rotatable bonds is 4. The first-order valence-electron chi connectivity index (χ1n) is 10.1. The molecule has 0 bridgehead atoms. The molecule has 1 amide bonds. The van der Waals surface area contributed by atoms with Crippen LogP contribution in [0.2, 0.25) is 0 Å². The van der Waals surface area contributed by atoms with E-state index < -0.39 is 0 Å². The van der Waals surface area contributed by atoms with Crippen molar-refractivity contribution >= 4 is 33.3 Å². The molecule has 0 aromatic carbocycles. The molecular formula is C21H24N6OS. The number of piperazine rings is 1. The molecule has 8 heteroatoms. The molecule has 2 aliphatic rings. The van der Waals surface area contributed by atoms with Crippen molar-refractivity contribution in [2.24, 2.45) is 5.73 Å². The van der Waals surface area contributed by atoms with Gasteiger partial charge < -0.3 is 10.6 Å². The minimum atomic E-state index is -0.266. The molecule has 29 heavy (non-hydrogen) atoms. The zero-order chi connectivity index (χ0) is 20.0. The van der Waals surface area contributed by atoms with E-state index in [4.69, 9.17) is 15.7 Å². The number of nitrogens with zero attached hydrogens (tertiary/aromatic N) is 5. The molecule has 3 aromatic rings. The number of hydrogen-bond acceptors (Lipinski definition) is 7. The van der Waals surface area contributed by atoms with E-state index in [1.807, 2.05) is 36.6 Å². The van der Waals surface area contributed by atoms with Crippen LogP contribution in [0.25, 0.3) is 21.6 Å². The lowest BCUT2D eigenvalue weighted by molar-refractivity contribution is -0.122. The monoisotopic (exact) mass is 408 g/mol. The van der Waals surface area contributed by atoms with Gasteiger partial charge in [-0.2, -0.15) is 0 Å². The second kappa shape index (κ2) is 7.35. The average Bonchev–Trinajstić information content (AvgIpc) is 3.34. The predicted molar refractivity (Wildman–Crippen MR) is 115 cm³/mol. The Kier molecular flexibility index (Phi) is 4.67. The number of primary amides is 1. The summed E-state index contributed by atoms with van der Waals surface area (Å²) >= 11 is 1.81. The normalized spacial score (nSPS) is 18.2. The SMILES string of the molecule is CC(C(N)=O)N1CCN(c2nc(-c3cccnc3)nc3sc4c(c23)CCC4)CC1. The van der Waals surface area contributed by atoms with Crippen LogP contribution < -0.4 is 10.6 Å². The number of aryl methyl sites for hydroxylation is 2. The van der Waals surface area contributed by atoms with Gasteiger partial charge in [-0.05, 0) is 43.9 Å². The molecule has 1 saturated heterocycles. The Morgan fingerprint density at radius 3 is 2.76 bits per heavy atom. The molecule has 1 atom stereocenters. The Morgan fingerprint density at radius 1 is 1.21 bits per heavy atom. The molecule has 1 aliphatic carbocycles. The summed E-state index contributed by atoms with van der Waals surface area (Å²) in [6, 6.07) is 3.69. The van der Waals surface area contributed by atoms with E-state index in [1.54, 1.807) is 6.20 Å². The van der Waals surface area contributed by atoms with Crippen LogP contribution >= 0.6 is 11.3 Å². The summed E-state index contributed by atoms with van der Waals surface area (Å²) in [4.78, 5) is 32.8. The quantitative estimate of drug-likeness (QED) is 0.712. The number of amides is 1. The number of fused-ring (bicyclic) bond motifs is 3. The second-order valence-corrected chi connectivity index (χ2v) is 8.83. The van der Waals surface area contributed by atoms with Crippen LogP contribution in [-0.2, 0) is 17.6 Å². The van der Waals surface area contributed by atoms with Crippen LogP contribution in [0.3, 0.4) is 0 Å². The van der Waals surface area contributed by atoms with Crippen molar-refractivity contribution in [3.05, 3.63) is 35.0 Å². The number of nitrogens with two attached hydrogens (primary N) is 1. The van der Waals surface area contributed by atoms with Crippen molar-refractivity contribution in [2.45, 2.75) is 32.2 Å². The zero-order valence-corrected chi connectivity index (χ0v) is 17.3. The van der Waals surface area contributed by atoms with Crippen LogP contribution in [0.15, 0.2) is 24.5 Å². The first kappa shape index (κ1) is 18.4. The molecule has 2 N–H and O–H groups in total. The molecule has 0 radical (unpaired) electrons. The molecule has 4 heterocycles. The highest BCUT2D eigenvalue weighted by atomic mass is 32.1. The van der Waals surface area contributed by atoms with Gasteiger partial charge in [0.05, 0.1) is 11.4 Å². The van der Waals surface area contributed by atoms with Gasteiger partial charge in [0.1, 0.15) is 10.6 Å². The fraction of sp³-hybridized carbons (Fsp3) is 0.429. The first-order chi connectivity index (χ1) is 14.1. The predicted octanol–water partition coefficient (Wildman–Crippen LogP) is 2.24. The minimum absolute atomic E-state index is 0.237. The Balaban J connectivity index is 1.55. The van der Waals surface area contributed by atoms with Crippen molar-refractivity contribution in [3.63, 3.8) is 0 Å². The smallest absolute Gasteiger partial charge is 0.234 e. The summed E-state index contributed by atoms with van der Waals surface area (Å²) in [7, 11) is 0. The standard InChI is InChI=1S/C21H24N6OS/c1-13(18(22)28)26-8-10-27(11-9-26)20-17-15-5-2-6-16(15)29-21(17)25-19(24-20)14-4-3-7-23-12-14/h3-4,7,12-13H,2,5-6,8-11H2,1H3,(H2,22,28). The molecule has 1 aliphatic heterocycles. The van der Waals surface area contributed by atoms with Gasteiger partial charge in [0.25, 0.3) is 0 Å². The Bertz CT molecular complexity index is 1060. The van der Waals surface area contributed by atoms with Crippen molar-refractivity contribution in [1.82, 2.24) is 19.9 Å². The number of anilines is 1. The maximum Gasteiger partial charge on any atom is 0.234 e. The number of thiophene rings is 1. The minimum Gasteiger partial charge on any atom is -0.368 e. The van der Waals surface area contributed by atoms with Gasteiger partial charge in [0.15, 0.2) is 5.82 Å². The lowest BCUT2D eigenvalue weighted by Gasteiger charge is -2.37. The summed E-state index contributed by atoms with van der Waals surface area (Å²) in [5.41, 5.74) is 7.87. The van der Waals surface area contributed by atoms with Gasteiger partial charge in [-0.25, -0.2) is 9.97 Å². The van der Waals surface area contributed by atoms with Crippen molar-refractivity contribution in [2.75, 3.05) is 31.1 Å². The molecule has 150 valence electrons. The maximum atomic E-state index is 11.6. The van der Waals surface area contributed by atoms with Gasteiger partial charge in [-0.1, -0.05) is 0 Å². The van der Waals surface area contributed by atoms with Gasteiger partial charge in [-0.3, -0.25) is 14.7 Å². The number of aromatic nitrogens is 3. The van der Waals surface area contributed by atoms with Gasteiger partial charge in [-0.15, -0.1) is 11.3 Å². The fourth-order valence-electron chi connectivity index (χ4n) is 4.33. The van der Waals surface area contributed by atoms with Crippen molar-refractivity contribution in [1.29, 1.82) is 0 Å². The Hall–Kier alpha value is -2.58. The van der Waals surface area contributed by atoms with Gasteiger partial charge in [0, 0.05) is 49.0 Å². The van der Waals surface area contributed by atoms with Crippen LogP contribution in [0.5, 0.6) is 0 Å². The highest BCUT2D eigenvalue weighted by Crippen LogP contribution is 2.41. The van der Waals surface area contributed by atoms with E-state index in [9.17, 15) is 4.79 Å². The summed E-state index contributed by atoms with van der Waals surface area (Å²) < 4.78 is 0. The molecular weight excluding hydrogens is 384 g/mol. The van der Waals surface area contributed by atoms with E-state index in [2.05, 4.69) is 14.8 Å². The summed E-state index contributed by atoms with van der Waals surface area (Å²) in [6.45, 7) is 5.11. The topological polar surface area (TPSA) is 88.2 Å². The third kappa shape index (κ3) is 3.26. The largest absolute Gasteiger partial charge is 0.368 e. The number of carbonyl (C=O) groups excluding carboxylic acids is 1. The number of hydrogen-bond donors (Lipinski definition) is 1. The third-order valence-electron chi connectivity index (χ3n) is 6.04. The Morgan fingerprint density at radius 2 is 2.03 bits per heavy atom. The van der Waals surface area contributed by atoms with E-state index in [0.717, 1.165) is 61.1 Å². The molecule has 3 aromatic heterocycles. The van der Waals surface area contributed by atoms with Gasteiger partial charge in [0.2, 0.25) is 5.91 Å². The highest BCUT2D eigenvalue weighted by molar-refractivity contribution is 7.19. The zero-order valence-electron chi connectivity index (χ0n) is 16.5. The van der Waals surface area contributed by atoms with Crippen LogP contribution in [-0.4, -0.2) is 58.0 Å². The lowest BCUT2D eigenvalue weighted by Crippen LogP contribution is -2.53. The molecule has 0 spiro atoms. The number of pyridine rings is 1. The van der Waals surface area contributed by atoms with Crippen molar-refractivity contribution < 1.29 is 4.79 Å². The van der Waals surface area contributed by atoms with Crippen LogP contribution in [0.4, 0.5) is 5.82 Å². The molecule has 5 rings (SSSR count). The lowest BCUT2D eigenvalue weighted by atomic mass is 10.1. The van der Waals surface area contributed by atoms with Crippen LogP contribution in [0.1, 0.15) is 23.8 Å². The highest BCUT2D eigenvalue weighted by Gasteiger charge is 2.29. The maximum absolute atomic E-state index is 11.6. The second-order valence-electron chi connectivity index (χ2n) is 7.75. The van der Waals surface area contributed by atoms with Crippen molar-refractivity contribution in [3.8, 4) is 11.4 Å². The number of carbonyl (C=O) groups is 1. The first-order valence-corrected chi connectivity index (χ1v) is 10.9. The summed E-state index contributed by atoms with van der Waals surface area (Å²) in [6.07, 6.45) is 7.05. The summed E-state index contributed by atoms with van der Waals surface area (Å²) in [5, 5.41) is 1.23.